The highest BCUT2D eigenvalue weighted by Crippen LogP contribution is 2.20. The quantitative estimate of drug-likeness (QED) is 0.755. The SMILES string of the molecule is CC(O)CC(C)N(C)CCC(F)(F)F. The zero-order valence-corrected chi connectivity index (χ0v) is 8.80. The van der Waals surface area contributed by atoms with Gasteiger partial charge >= 0.3 is 6.18 Å². The van der Waals surface area contributed by atoms with E-state index in [4.69, 9.17) is 5.11 Å². The van der Waals surface area contributed by atoms with Crippen molar-refractivity contribution in [1.29, 1.82) is 0 Å². The average Bonchev–Trinajstić information content (AvgIpc) is 1.97. The van der Waals surface area contributed by atoms with Crippen LogP contribution in [-0.2, 0) is 0 Å². The first-order valence-corrected chi connectivity index (χ1v) is 4.67. The first-order chi connectivity index (χ1) is 6.22. The van der Waals surface area contributed by atoms with Gasteiger partial charge in [-0.05, 0) is 27.3 Å². The second kappa shape index (κ2) is 5.56. The van der Waals surface area contributed by atoms with Gasteiger partial charge in [0.25, 0.3) is 0 Å². The number of rotatable bonds is 5. The van der Waals surface area contributed by atoms with Crippen molar-refractivity contribution >= 4 is 0 Å². The summed E-state index contributed by atoms with van der Waals surface area (Å²) >= 11 is 0. The van der Waals surface area contributed by atoms with Gasteiger partial charge < -0.3 is 10.0 Å². The number of aliphatic hydroxyl groups excluding tert-OH is 1. The van der Waals surface area contributed by atoms with E-state index in [1.807, 2.05) is 6.92 Å². The molecule has 14 heavy (non-hydrogen) atoms. The maximum absolute atomic E-state index is 11.9. The van der Waals surface area contributed by atoms with Crippen LogP contribution in [-0.4, -0.2) is 41.9 Å². The van der Waals surface area contributed by atoms with Crippen LogP contribution in [0.15, 0.2) is 0 Å². The van der Waals surface area contributed by atoms with Gasteiger partial charge in [0.1, 0.15) is 0 Å². The van der Waals surface area contributed by atoms with E-state index >= 15 is 0 Å². The molecule has 2 nitrogen and oxygen atoms in total. The highest BCUT2D eigenvalue weighted by molar-refractivity contribution is 4.67. The molecule has 0 rings (SSSR count). The molecule has 0 fully saturated rings. The molecule has 0 aromatic carbocycles. The van der Waals surface area contributed by atoms with Gasteiger partial charge in [0.05, 0.1) is 12.5 Å². The van der Waals surface area contributed by atoms with Crippen molar-refractivity contribution in [2.75, 3.05) is 13.6 Å². The van der Waals surface area contributed by atoms with Crippen LogP contribution in [0.2, 0.25) is 0 Å². The minimum Gasteiger partial charge on any atom is -0.393 e. The van der Waals surface area contributed by atoms with Crippen molar-refractivity contribution in [1.82, 2.24) is 4.90 Å². The van der Waals surface area contributed by atoms with E-state index in [0.717, 1.165) is 0 Å². The van der Waals surface area contributed by atoms with Gasteiger partial charge in [0.2, 0.25) is 0 Å². The summed E-state index contributed by atoms with van der Waals surface area (Å²) in [5.41, 5.74) is 0. The fraction of sp³-hybridized carbons (Fsp3) is 1.00. The van der Waals surface area contributed by atoms with Gasteiger partial charge in [-0.1, -0.05) is 0 Å². The third kappa shape index (κ3) is 7.15. The predicted molar refractivity (Wildman–Crippen MR) is 49.1 cm³/mol. The van der Waals surface area contributed by atoms with Crippen LogP contribution < -0.4 is 0 Å². The maximum Gasteiger partial charge on any atom is 0.390 e. The molecule has 0 saturated heterocycles. The molecule has 2 unspecified atom stereocenters. The molecule has 0 amide bonds. The average molecular weight is 213 g/mol. The van der Waals surface area contributed by atoms with Crippen LogP contribution in [0.5, 0.6) is 0 Å². The Kier molecular flexibility index (Phi) is 5.44. The minimum absolute atomic E-state index is 0.0165. The Balaban J connectivity index is 3.78. The van der Waals surface area contributed by atoms with Crippen molar-refractivity contribution in [2.45, 2.75) is 45.0 Å². The standard InChI is InChI=1S/C9H18F3NO/c1-7(6-8(2)14)13(3)5-4-9(10,11)12/h7-8,14H,4-6H2,1-3H3. The van der Waals surface area contributed by atoms with E-state index in [0.29, 0.717) is 6.42 Å². The zero-order chi connectivity index (χ0) is 11.4. The van der Waals surface area contributed by atoms with Crippen molar-refractivity contribution in [3.63, 3.8) is 0 Å². The van der Waals surface area contributed by atoms with Gasteiger partial charge in [0.15, 0.2) is 0 Å². The minimum atomic E-state index is -4.10. The summed E-state index contributed by atoms with van der Waals surface area (Å²) in [6, 6.07) is -0.0302. The largest absolute Gasteiger partial charge is 0.393 e. The van der Waals surface area contributed by atoms with Crippen LogP contribution in [0.3, 0.4) is 0 Å². The monoisotopic (exact) mass is 213 g/mol. The first kappa shape index (κ1) is 13.7. The molecule has 0 saturated carbocycles. The van der Waals surface area contributed by atoms with Crippen LogP contribution >= 0.6 is 0 Å². The summed E-state index contributed by atoms with van der Waals surface area (Å²) in [6.45, 7) is 3.43. The van der Waals surface area contributed by atoms with Crippen LogP contribution in [0.4, 0.5) is 13.2 Å². The molecule has 0 heterocycles. The van der Waals surface area contributed by atoms with Crippen molar-refractivity contribution in [2.24, 2.45) is 0 Å². The molecule has 0 aliphatic carbocycles. The Bertz CT molecular complexity index is 159. The fourth-order valence-corrected chi connectivity index (χ4v) is 1.20. The topological polar surface area (TPSA) is 23.5 Å². The molecule has 0 bridgehead atoms. The van der Waals surface area contributed by atoms with E-state index in [1.165, 1.54) is 0 Å². The zero-order valence-electron chi connectivity index (χ0n) is 8.80. The van der Waals surface area contributed by atoms with E-state index in [1.54, 1.807) is 18.9 Å². The fourth-order valence-electron chi connectivity index (χ4n) is 1.20. The number of halogens is 3. The number of hydrogen-bond donors (Lipinski definition) is 1. The summed E-state index contributed by atoms with van der Waals surface area (Å²) in [5.74, 6) is 0. The second-order valence-corrected chi connectivity index (χ2v) is 3.78. The smallest absolute Gasteiger partial charge is 0.390 e. The van der Waals surface area contributed by atoms with Gasteiger partial charge in [0, 0.05) is 12.6 Å². The third-order valence-electron chi connectivity index (χ3n) is 2.18. The number of hydrogen-bond acceptors (Lipinski definition) is 2. The molecule has 0 aromatic heterocycles. The van der Waals surface area contributed by atoms with Gasteiger partial charge in [-0.25, -0.2) is 0 Å². The van der Waals surface area contributed by atoms with E-state index in [9.17, 15) is 13.2 Å². The Hall–Kier alpha value is -0.290. The lowest BCUT2D eigenvalue weighted by Gasteiger charge is -2.25. The van der Waals surface area contributed by atoms with Crippen LogP contribution in [0.1, 0.15) is 26.7 Å². The molecule has 5 heteroatoms. The lowest BCUT2D eigenvalue weighted by atomic mass is 10.1. The lowest BCUT2D eigenvalue weighted by molar-refractivity contribution is -0.138. The van der Waals surface area contributed by atoms with Crippen molar-refractivity contribution < 1.29 is 18.3 Å². The summed E-state index contributed by atoms with van der Waals surface area (Å²) < 4.78 is 35.6. The van der Waals surface area contributed by atoms with Gasteiger partial charge in [-0.2, -0.15) is 13.2 Å². The van der Waals surface area contributed by atoms with Crippen molar-refractivity contribution in [3.05, 3.63) is 0 Å². The molecule has 2 atom stereocenters. The number of alkyl halides is 3. The highest BCUT2D eigenvalue weighted by Gasteiger charge is 2.27. The number of nitrogens with zero attached hydrogens (tertiary/aromatic N) is 1. The van der Waals surface area contributed by atoms with Gasteiger partial charge in [-0.3, -0.25) is 0 Å². The summed E-state index contributed by atoms with van der Waals surface area (Å²) in [7, 11) is 1.64. The third-order valence-corrected chi connectivity index (χ3v) is 2.18. The molecule has 1 N–H and O–H groups in total. The molecule has 0 spiro atoms. The molecule has 0 aromatic rings. The lowest BCUT2D eigenvalue weighted by Crippen LogP contribution is -2.34. The molecular formula is C9H18F3NO. The Morgan fingerprint density at radius 1 is 1.29 bits per heavy atom. The van der Waals surface area contributed by atoms with E-state index < -0.39 is 18.7 Å². The molecule has 86 valence electrons. The molecule has 0 aliphatic heterocycles. The van der Waals surface area contributed by atoms with E-state index in [2.05, 4.69) is 0 Å². The number of aliphatic hydroxyl groups is 1. The molecular weight excluding hydrogens is 195 g/mol. The van der Waals surface area contributed by atoms with Crippen molar-refractivity contribution in [3.8, 4) is 0 Å². The van der Waals surface area contributed by atoms with E-state index in [-0.39, 0.29) is 12.6 Å². The van der Waals surface area contributed by atoms with Crippen LogP contribution in [0.25, 0.3) is 0 Å². The van der Waals surface area contributed by atoms with Gasteiger partial charge in [-0.15, -0.1) is 0 Å². The Labute approximate surface area is 82.7 Å². The first-order valence-electron chi connectivity index (χ1n) is 4.67. The normalized spacial score (nSPS) is 17.1. The second-order valence-electron chi connectivity index (χ2n) is 3.78. The summed E-state index contributed by atoms with van der Waals surface area (Å²) in [5, 5.41) is 9.05. The Morgan fingerprint density at radius 3 is 2.14 bits per heavy atom. The molecule has 0 radical (unpaired) electrons. The predicted octanol–water partition coefficient (Wildman–Crippen LogP) is 2.03. The Morgan fingerprint density at radius 2 is 1.79 bits per heavy atom. The molecule has 0 aliphatic rings. The maximum atomic E-state index is 11.9. The highest BCUT2D eigenvalue weighted by atomic mass is 19.4. The summed E-state index contributed by atoms with van der Waals surface area (Å²) in [6.07, 6.45) is -4.88. The summed E-state index contributed by atoms with van der Waals surface area (Å²) in [4.78, 5) is 1.61. The van der Waals surface area contributed by atoms with Crippen LogP contribution in [0, 0.1) is 0 Å².